The predicted molar refractivity (Wildman–Crippen MR) is 130 cm³/mol. The summed E-state index contributed by atoms with van der Waals surface area (Å²) in [4.78, 5) is 9.47. The van der Waals surface area contributed by atoms with Gasteiger partial charge in [0.25, 0.3) is 0 Å². The van der Waals surface area contributed by atoms with Crippen LogP contribution in [0.5, 0.6) is 5.75 Å². The summed E-state index contributed by atoms with van der Waals surface area (Å²) in [6.45, 7) is 2.92. The Bertz CT molecular complexity index is 1020. The van der Waals surface area contributed by atoms with Gasteiger partial charge in [0.1, 0.15) is 12.4 Å². The maximum absolute atomic E-state index is 9.47. The number of benzene rings is 2. The first-order chi connectivity index (χ1) is 16.0. The van der Waals surface area contributed by atoms with E-state index in [1.54, 1.807) is 7.11 Å². The Kier molecular flexibility index (Phi) is 9.07. The molecule has 0 radical (unpaired) electrons. The first-order valence-electron chi connectivity index (χ1n) is 11.5. The summed E-state index contributed by atoms with van der Waals surface area (Å²) in [5, 5.41) is 12.8. The fraction of sp³-hybridized carbons (Fsp3) is 0.407. The highest BCUT2D eigenvalue weighted by atomic mass is 16.5. The Morgan fingerprint density at radius 3 is 2.33 bits per heavy atom. The molecule has 2 aromatic carbocycles. The van der Waals surface area contributed by atoms with Crippen molar-refractivity contribution in [2.75, 3.05) is 20.8 Å². The SMILES string of the molecule is COCC(=O)O.COc1cccc(-c2c(C)nn(CC3CCCCC3)c2-c2ccccc2)c1. The van der Waals surface area contributed by atoms with E-state index in [0.29, 0.717) is 0 Å². The first-order valence-corrected chi connectivity index (χ1v) is 11.5. The summed E-state index contributed by atoms with van der Waals surface area (Å²) in [6, 6.07) is 19.0. The summed E-state index contributed by atoms with van der Waals surface area (Å²) in [6.07, 6.45) is 6.74. The molecule has 1 fully saturated rings. The number of carboxylic acid groups (broad SMARTS) is 1. The van der Waals surface area contributed by atoms with Crippen molar-refractivity contribution in [2.45, 2.75) is 45.6 Å². The minimum Gasteiger partial charge on any atom is -0.497 e. The molecule has 0 aliphatic heterocycles. The summed E-state index contributed by atoms with van der Waals surface area (Å²) in [5.41, 5.74) is 5.92. The molecule has 0 spiro atoms. The lowest BCUT2D eigenvalue weighted by Gasteiger charge is -2.22. The van der Waals surface area contributed by atoms with Crippen LogP contribution < -0.4 is 4.74 Å². The molecule has 1 N–H and O–H groups in total. The molecule has 1 heterocycles. The highest BCUT2D eigenvalue weighted by Gasteiger charge is 2.22. The van der Waals surface area contributed by atoms with E-state index >= 15 is 0 Å². The Hall–Kier alpha value is -3.12. The van der Waals surface area contributed by atoms with E-state index in [0.717, 1.165) is 23.9 Å². The van der Waals surface area contributed by atoms with Crippen LogP contribution in [0.4, 0.5) is 0 Å². The summed E-state index contributed by atoms with van der Waals surface area (Å²) in [7, 11) is 3.06. The van der Waals surface area contributed by atoms with E-state index in [4.69, 9.17) is 14.9 Å². The van der Waals surface area contributed by atoms with E-state index in [9.17, 15) is 4.79 Å². The molecular formula is C27H34N2O4. The number of hydrogen-bond donors (Lipinski definition) is 1. The van der Waals surface area contributed by atoms with Crippen LogP contribution in [0.25, 0.3) is 22.4 Å². The average molecular weight is 451 g/mol. The number of carboxylic acids is 1. The van der Waals surface area contributed by atoms with Gasteiger partial charge in [-0.05, 0) is 43.4 Å². The number of carbonyl (C=O) groups is 1. The van der Waals surface area contributed by atoms with Crippen molar-refractivity contribution < 1.29 is 19.4 Å². The van der Waals surface area contributed by atoms with Crippen LogP contribution in [-0.4, -0.2) is 41.7 Å². The van der Waals surface area contributed by atoms with Crippen LogP contribution in [0.1, 0.15) is 37.8 Å². The molecule has 1 aliphatic rings. The fourth-order valence-corrected chi connectivity index (χ4v) is 4.46. The third-order valence-electron chi connectivity index (χ3n) is 5.96. The van der Waals surface area contributed by atoms with Crippen molar-refractivity contribution in [3.05, 3.63) is 60.3 Å². The van der Waals surface area contributed by atoms with Gasteiger partial charge in [-0.2, -0.15) is 5.10 Å². The number of nitrogens with zero attached hydrogens (tertiary/aromatic N) is 2. The molecule has 1 saturated carbocycles. The smallest absolute Gasteiger partial charge is 0.329 e. The zero-order chi connectivity index (χ0) is 23.6. The molecule has 0 saturated heterocycles. The number of aliphatic carboxylic acids is 1. The van der Waals surface area contributed by atoms with Gasteiger partial charge in [-0.25, -0.2) is 4.79 Å². The van der Waals surface area contributed by atoms with Crippen LogP contribution in [-0.2, 0) is 16.1 Å². The zero-order valence-corrected chi connectivity index (χ0v) is 19.8. The minimum absolute atomic E-state index is 0.208. The lowest BCUT2D eigenvalue weighted by atomic mass is 9.89. The second-order valence-electron chi connectivity index (χ2n) is 8.42. The van der Waals surface area contributed by atoms with Crippen molar-refractivity contribution >= 4 is 5.97 Å². The van der Waals surface area contributed by atoms with Gasteiger partial charge in [0.15, 0.2) is 0 Å². The zero-order valence-electron chi connectivity index (χ0n) is 19.8. The van der Waals surface area contributed by atoms with Crippen molar-refractivity contribution in [2.24, 2.45) is 5.92 Å². The molecule has 0 unspecified atom stereocenters. The lowest BCUT2D eigenvalue weighted by molar-refractivity contribution is -0.141. The third-order valence-corrected chi connectivity index (χ3v) is 5.96. The molecule has 4 rings (SSSR count). The Morgan fingerprint density at radius 2 is 1.73 bits per heavy atom. The van der Waals surface area contributed by atoms with Gasteiger partial charge in [-0.3, -0.25) is 4.68 Å². The van der Waals surface area contributed by atoms with Crippen molar-refractivity contribution in [3.63, 3.8) is 0 Å². The van der Waals surface area contributed by atoms with Gasteiger partial charge in [-0.1, -0.05) is 61.7 Å². The second kappa shape index (κ2) is 12.2. The number of aromatic nitrogens is 2. The van der Waals surface area contributed by atoms with Gasteiger partial charge in [0, 0.05) is 24.8 Å². The van der Waals surface area contributed by atoms with Crippen LogP contribution in [0, 0.1) is 12.8 Å². The molecule has 6 heteroatoms. The van der Waals surface area contributed by atoms with E-state index in [-0.39, 0.29) is 6.61 Å². The maximum atomic E-state index is 9.47. The van der Waals surface area contributed by atoms with E-state index < -0.39 is 5.97 Å². The van der Waals surface area contributed by atoms with Gasteiger partial charge in [0.05, 0.1) is 18.5 Å². The van der Waals surface area contributed by atoms with Crippen LogP contribution in [0.15, 0.2) is 54.6 Å². The molecular weight excluding hydrogens is 416 g/mol. The van der Waals surface area contributed by atoms with E-state index in [1.165, 1.54) is 61.6 Å². The standard InChI is InChI=1S/C24H28N2O.C3H6O3/c1-18-23(21-14-9-15-22(16-21)27-2)24(20-12-7-4-8-13-20)26(25-18)17-19-10-5-3-6-11-19;1-6-2-3(4)5/h4,7-9,12-16,19H,3,5-6,10-11,17H2,1-2H3;2H2,1H3,(H,4,5). The number of hydrogen-bond acceptors (Lipinski definition) is 4. The summed E-state index contributed by atoms with van der Waals surface area (Å²) in [5.74, 6) is 0.683. The lowest BCUT2D eigenvalue weighted by Crippen LogP contribution is -2.16. The van der Waals surface area contributed by atoms with Crippen molar-refractivity contribution in [3.8, 4) is 28.1 Å². The summed E-state index contributed by atoms with van der Waals surface area (Å²) >= 11 is 0. The average Bonchev–Trinajstić information content (AvgIpc) is 3.16. The van der Waals surface area contributed by atoms with Gasteiger partial charge in [-0.15, -0.1) is 0 Å². The Labute approximate surface area is 196 Å². The molecule has 176 valence electrons. The molecule has 0 atom stereocenters. The van der Waals surface area contributed by atoms with Gasteiger partial charge >= 0.3 is 5.97 Å². The molecule has 0 bridgehead atoms. The van der Waals surface area contributed by atoms with Crippen LogP contribution >= 0.6 is 0 Å². The quantitative estimate of drug-likeness (QED) is 0.490. The molecule has 1 aliphatic carbocycles. The third kappa shape index (κ3) is 6.68. The predicted octanol–water partition coefficient (Wildman–Crippen LogP) is 5.83. The van der Waals surface area contributed by atoms with E-state index in [2.05, 4.69) is 64.9 Å². The minimum atomic E-state index is -0.933. The van der Waals surface area contributed by atoms with Crippen molar-refractivity contribution in [1.29, 1.82) is 0 Å². The highest BCUT2D eigenvalue weighted by Crippen LogP contribution is 2.37. The molecule has 6 nitrogen and oxygen atoms in total. The van der Waals surface area contributed by atoms with Crippen LogP contribution in [0.2, 0.25) is 0 Å². The van der Waals surface area contributed by atoms with Gasteiger partial charge < -0.3 is 14.6 Å². The number of methoxy groups -OCH3 is 2. The summed E-state index contributed by atoms with van der Waals surface area (Å²) < 4.78 is 11.9. The normalized spacial score (nSPS) is 13.8. The Morgan fingerprint density at radius 1 is 1.03 bits per heavy atom. The van der Waals surface area contributed by atoms with Crippen molar-refractivity contribution in [1.82, 2.24) is 9.78 Å². The monoisotopic (exact) mass is 450 g/mol. The Balaban J connectivity index is 0.000000454. The molecule has 3 aromatic rings. The number of aryl methyl sites for hydroxylation is 1. The maximum Gasteiger partial charge on any atom is 0.329 e. The first kappa shape index (κ1) is 24.5. The molecule has 1 aromatic heterocycles. The van der Waals surface area contributed by atoms with E-state index in [1.807, 2.05) is 6.07 Å². The van der Waals surface area contributed by atoms with Gasteiger partial charge in [0.2, 0.25) is 0 Å². The molecule has 33 heavy (non-hydrogen) atoms. The second-order valence-corrected chi connectivity index (χ2v) is 8.42. The fourth-order valence-electron chi connectivity index (χ4n) is 4.46. The van der Waals surface area contributed by atoms with Crippen LogP contribution in [0.3, 0.4) is 0 Å². The highest BCUT2D eigenvalue weighted by molar-refractivity contribution is 5.83. The largest absolute Gasteiger partial charge is 0.497 e. The molecule has 0 amide bonds. The topological polar surface area (TPSA) is 73.6 Å². The number of rotatable bonds is 7. The number of ether oxygens (including phenoxy) is 2.